The van der Waals surface area contributed by atoms with Crippen LogP contribution in [0.1, 0.15) is 25.0 Å². The molecule has 0 atom stereocenters. The predicted molar refractivity (Wildman–Crippen MR) is 121 cm³/mol. The van der Waals surface area contributed by atoms with Gasteiger partial charge in [-0.05, 0) is 50.2 Å². The zero-order valence-electron chi connectivity index (χ0n) is 18.6. The number of nitrogens with zero attached hydrogens (tertiary/aromatic N) is 3. The van der Waals surface area contributed by atoms with E-state index in [0.29, 0.717) is 25.4 Å². The molecule has 0 aliphatic carbocycles. The maximum Gasteiger partial charge on any atom is 0.260 e. The molecule has 0 saturated carbocycles. The molecular weight excluding hydrogens is 410 g/mol. The van der Waals surface area contributed by atoms with Crippen LogP contribution in [0.3, 0.4) is 0 Å². The molecule has 0 radical (unpaired) electrons. The lowest BCUT2D eigenvalue weighted by atomic mass is 10.1. The number of hydrogen-bond donors (Lipinski definition) is 0. The Labute approximate surface area is 188 Å². The van der Waals surface area contributed by atoms with Gasteiger partial charge in [0.05, 0.1) is 13.7 Å². The van der Waals surface area contributed by atoms with Crippen molar-refractivity contribution in [3.05, 3.63) is 52.6 Å². The summed E-state index contributed by atoms with van der Waals surface area (Å²) in [7, 11) is 1.65. The van der Waals surface area contributed by atoms with Crippen molar-refractivity contribution in [3.8, 4) is 11.5 Å². The summed E-state index contributed by atoms with van der Waals surface area (Å²) in [6.45, 7) is 5.22. The third-order valence-electron chi connectivity index (χ3n) is 6.10. The molecule has 172 valence electrons. The molecule has 2 aromatic rings. The topological polar surface area (TPSA) is 75.5 Å². The summed E-state index contributed by atoms with van der Waals surface area (Å²) in [5.41, 5.74) is 0.858. The monoisotopic (exact) mass is 441 g/mol. The summed E-state index contributed by atoms with van der Waals surface area (Å²) < 4.78 is 16.3. The number of rotatable bonds is 7. The minimum atomic E-state index is -0.250. The number of hydrogen-bond acceptors (Lipinski definition) is 7. The first-order chi connectivity index (χ1) is 15.6. The van der Waals surface area contributed by atoms with Crippen molar-refractivity contribution in [3.63, 3.8) is 0 Å². The molecule has 2 saturated heterocycles. The molecule has 8 heteroatoms. The van der Waals surface area contributed by atoms with Gasteiger partial charge in [-0.2, -0.15) is 0 Å². The first-order valence-corrected chi connectivity index (χ1v) is 11.3. The molecule has 32 heavy (non-hydrogen) atoms. The molecule has 4 rings (SSSR count). The van der Waals surface area contributed by atoms with Gasteiger partial charge in [-0.1, -0.05) is 6.42 Å². The van der Waals surface area contributed by atoms with Crippen LogP contribution in [0, 0.1) is 0 Å². The smallest absolute Gasteiger partial charge is 0.260 e. The van der Waals surface area contributed by atoms with Crippen LogP contribution in [0.5, 0.6) is 11.5 Å². The highest BCUT2D eigenvalue weighted by Gasteiger charge is 2.22. The van der Waals surface area contributed by atoms with E-state index in [9.17, 15) is 9.59 Å². The van der Waals surface area contributed by atoms with Crippen LogP contribution < -0.4 is 19.8 Å². The van der Waals surface area contributed by atoms with E-state index in [1.54, 1.807) is 12.0 Å². The van der Waals surface area contributed by atoms with Gasteiger partial charge in [0.15, 0.2) is 6.61 Å². The van der Waals surface area contributed by atoms with Crippen LogP contribution in [0.2, 0.25) is 0 Å². The summed E-state index contributed by atoms with van der Waals surface area (Å²) in [6, 6.07) is 9.39. The first kappa shape index (κ1) is 22.2. The Morgan fingerprint density at radius 3 is 2.38 bits per heavy atom. The third kappa shape index (κ3) is 5.62. The van der Waals surface area contributed by atoms with Gasteiger partial charge in [-0.15, -0.1) is 0 Å². The Bertz CT molecular complexity index is 945. The summed E-state index contributed by atoms with van der Waals surface area (Å²) in [6.07, 6.45) is 4.96. The second kappa shape index (κ2) is 10.5. The molecule has 2 aliphatic rings. The fourth-order valence-corrected chi connectivity index (χ4v) is 4.20. The van der Waals surface area contributed by atoms with E-state index in [4.69, 9.17) is 13.9 Å². The second-order valence-corrected chi connectivity index (χ2v) is 8.27. The standard InChI is InChI=1S/C24H31N3O5/c1-30-20-7-5-19(6-8-20)26-11-13-27(14-12-26)24(29)18-32-23-17-31-21(15-22(23)28)16-25-9-3-2-4-10-25/h5-8,15,17H,2-4,9-14,16,18H2,1H3. The molecular formula is C24H31N3O5. The maximum atomic E-state index is 12.6. The molecule has 0 spiro atoms. The van der Waals surface area contributed by atoms with Crippen LogP contribution in [0.15, 0.2) is 45.8 Å². The molecule has 1 aromatic carbocycles. The fourth-order valence-electron chi connectivity index (χ4n) is 4.20. The Morgan fingerprint density at radius 1 is 1.00 bits per heavy atom. The number of methoxy groups -OCH3 is 1. The fraction of sp³-hybridized carbons (Fsp3) is 0.500. The van der Waals surface area contributed by atoms with Crippen LogP contribution in [-0.2, 0) is 11.3 Å². The minimum Gasteiger partial charge on any atom is -0.497 e. The van der Waals surface area contributed by atoms with Crippen LogP contribution in [-0.4, -0.2) is 68.7 Å². The lowest BCUT2D eigenvalue weighted by molar-refractivity contribution is -0.133. The van der Waals surface area contributed by atoms with Gasteiger partial charge in [0, 0.05) is 37.9 Å². The average Bonchev–Trinajstić information content (AvgIpc) is 2.84. The molecule has 2 aliphatic heterocycles. The third-order valence-corrected chi connectivity index (χ3v) is 6.10. The van der Waals surface area contributed by atoms with Gasteiger partial charge in [-0.25, -0.2) is 0 Å². The highest BCUT2D eigenvalue weighted by Crippen LogP contribution is 2.20. The Morgan fingerprint density at radius 2 is 1.72 bits per heavy atom. The number of amides is 1. The van der Waals surface area contributed by atoms with Crippen molar-refractivity contribution >= 4 is 11.6 Å². The van der Waals surface area contributed by atoms with E-state index in [1.807, 2.05) is 24.3 Å². The van der Waals surface area contributed by atoms with E-state index in [-0.39, 0.29) is 23.7 Å². The van der Waals surface area contributed by atoms with Gasteiger partial charge in [0.1, 0.15) is 17.8 Å². The number of carbonyl (C=O) groups is 1. The molecule has 1 amide bonds. The van der Waals surface area contributed by atoms with Crippen molar-refractivity contribution in [2.45, 2.75) is 25.8 Å². The van der Waals surface area contributed by atoms with Crippen molar-refractivity contribution in [1.82, 2.24) is 9.80 Å². The van der Waals surface area contributed by atoms with Gasteiger partial charge in [0.2, 0.25) is 11.2 Å². The number of benzene rings is 1. The SMILES string of the molecule is COc1ccc(N2CCN(C(=O)COc3coc(CN4CCCCC4)cc3=O)CC2)cc1. The van der Waals surface area contributed by atoms with Gasteiger partial charge < -0.3 is 23.7 Å². The van der Waals surface area contributed by atoms with Crippen molar-refractivity contribution in [1.29, 1.82) is 0 Å². The Kier molecular flexibility index (Phi) is 7.32. The number of ether oxygens (including phenoxy) is 2. The Hall–Kier alpha value is -3.00. The molecule has 1 aromatic heterocycles. The molecule has 0 N–H and O–H groups in total. The number of piperidine rings is 1. The number of anilines is 1. The van der Waals surface area contributed by atoms with E-state index < -0.39 is 0 Å². The highest BCUT2D eigenvalue weighted by molar-refractivity contribution is 5.78. The predicted octanol–water partition coefficient (Wildman–Crippen LogP) is 2.36. The Balaban J connectivity index is 1.24. The summed E-state index contributed by atoms with van der Waals surface area (Å²) in [5, 5.41) is 0. The zero-order valence-corrected chi connectivity index (χ0v) is 18.6. The molecule has 3 heterocycles. The van der Waals surface area contributed by atoms with E-state index >= 15 is 0 Å². The van der Waals surface area contributed by atoms with Crippen molar-refractivity contribution in [2.75, 3.05) is 57.9 Å². The van der Waals surface area contributed by atoms with Crippen molar-refractivity contribution in [2.24, 2.45) is 0 Å². The van der Waals surface area contributed by atoms with Gasteiger partial charge >= 0.3 is 0 Å². The van der Waals surface area contributed by atoms with E-state index in [0.717, 1.165) is 37.6 Å². The molecule has 8 nitrogen and oxygen atoms in total. The average molecular weight is 442 g/mol. The highest BCUT2D eigenvalue weighted by atomic mass is 16.5. The van der Waals surface area contributed by atoms with Gasteiger partial charge in [-0.3, -0.25) is 14.5 Å². The number of likely N-dealkylation sites (tertiary alicyclic amines) is 1. The molecule has 2 fully saturated rings. The lowest BCUT2D eigenvalue weighted by Gasteiger charge is -2.36. The second-order valence-electron chi connectivity index (χ2n) is 8.27. The first-order valence-electron chi connectivity index (χ1n) is 11.3. The number of piperazine rings is 1. The molecule has 0 bridgehead atoms. The lowest BCUT2D eigenvalue weighted by Crippen LogP contribution is -2.50. The summed E-state index contributed by atoms with van der Waals surface area (Å²) in [5.74, 6) is 1.41. The van der Waals surface area contributed by atoms with Crippen LogP contribution >= 0.6 is 0 Å². The van der Waals surface area contributed by atoms with Crippen molar-refractivity contribution < 1.29 is 18.7 Å². The summed E-state index contributed by atoms with van der Waals surface area (Å²) >= 11 is 0. The maximum absolute atomic E-state index is 12.6. The normalized spacial score (nSPS) is 17.3. The van der Waals surface area contributed by atoms with Crippen LogP contribution in [0.4, 0.5) is 5.69 Å². The minimum absolute atomic E-state index is 0.0811. The van der Waals surface area contributed by atoms with Crippen LogP contribution in [0.25, 0.3) is 0 Å². The summed E-state index contributed by atoms with van der Waals surface area (Å²) in [4.78, 5) is 31.2. The van der Waals surface area contributed by atoms with E-state index in [1.165, 1.54) is 31.6 Å². The quantitative estimate of drug-likeness (QED) is 0.653. The largest absolute Gasteiger partial charge is 0.497 e. The molecule has 0 unspecified atom stereocenters. The zero-order chi connectivity index (χ0) is 22.3. The number of carbonyl (C=O) groups excluding carboxylic acids is 1. The van der Waals surface area contributed by atoms with Gasteiger partial charge in [0.25, 0.3) is 5.91 Å². The van der Waals surface area contributed by atoms with E-state index in [2.05, 4.69) is 9.80 Å².